The zero-order valence-corrected chi connectivity index (χ0v) is 12.0. The third-order valence-corrected chi connectivity index (χ3v) is 3.56. The highest BCUT2D eigenvalue weighted by molar-refractivity contribution is 7.98. The first-order valence-electron chi connectivity index (χ1n) is 6.01. The molecular formula is C12H15N5O2S. The van der Waals surface area contributed by atoms with Crippen LogP contribution in [0.5, 0.6) is 0 Å². The molecule has 0 aliphatic rings. The fourth-order valence-corrected chi connectivity index (χ4v) is 2.67. The van der Waals surface area contributed by atoms with Crippen LogP contribution in [0, 0.1) is 0 Å². The van der Waals surface area contributed by atoms with Gasteiger partial charge in [0.25, 0.3) is 0 Å². The number of aromatic nitrogens is 4. The minimum absolute atomic E-state index is 0.0351. The molecule has 0 spiro atoms. The number of carbonyl (C=O) groups is 1. The van der Waals surface area contributed by atoms with Crippen LogP contribution in [0.2, 0.25) is 0 Å². The van der Waals surface area contributed by atoms with Crippen LogP contribution in [0.3, 0.4) is 0 Å². The molecule has 8 heteroatoms. The lowest BCUT2D eigenvalue weighted by Gasteiger charge is -2.11. The monoisotopic (exact) mass is 293 g/mol. The summed E-state index contributed by atoms with van der Waals surface area (Å²) in [6.45, 7) is 3.99. The summed E-state index contributed by atoms with van der Waals surface area (Å²) < 4.78 is 1.83. The molecule has 0 unspecified atom stereocenters. The lowest BCUT2D eigenvalue weighted by molar-refractivity contribution is 0.0690. The van der Waals surface area contributed by atoms with Gasteiger partial charge in [0.05, 0.1) is 5.69 Å². The van der Waals surface area contributed by atoms with Crippen LogP contribution in [-0.2, 0) is 5.75 Å². The Bertz CT molecular complexity index is 626. The second-order valence-corrected chi connectivity index (χ2v) is 5.36. The summed E-state index contributed by atoms with van der Waals surface area (Å²) >= 11 is 1.42. The van der Waals surface area contributed by atoms with Crippen LogP contribution < -0.4 is 5.73 Å². The van der Waals surface area contributed by atoms with Gasteiger partial charge in [-0.1, -0.05) is 17.8 Å². The lowest BCUT2D eigenvalue weighted by atomic mass is 10.3. The molecule has 0 aliphatic carbocycles. The number of carboxylic acid groups (broad SMARTS) is 1. The molecule has 0 radical (unpaired) electrons. The highest BCUT2D eigenvalue weighted by atomic mass is 32.2. The summed E-state index contributed by atoms with van der Waals surface area (Å²) in [5.41, 5.74) is 6.47. The second kappa shape index (κ2) is 5.91. The van der Waals surface area contributed by atoms with E-state index in [1.807, 2.05) is 18.4 Å². The molecule has 7 nitrogen and oxygen atoms in total. The van der Waals surface area contributed by atoms with Gasteiger partial charge in [0.15, 0.2) is 5.16 Å². The van der Waals surface area contributed by atoms with Crippen LogP contribution in [0.15, 0.2) is 23.4 Å². The lowest BCUT2D eigenvalue weighted by Crippen LogP contribution is -2.07. The quantitative estimate of drug-likeness (QED) is 0.810. The first-order chi connectivity index (χ1) is 9.49. The Balaban J connectivity index is 2.13. The molecular weight excluding hydrogens is 278 g/mol. The molecule has 0 aromatic carbocycles. The maximum Gasteiger partial charge on any atom is 0.354 e. The van der Waals surface area contributed by atoms with Crippen LogP contribution >= 0.6 is 11.8 Å². The topological polar surface area (TPSA) is 107 Å². The normalized spacial score (nSPS) is 10.9. The smallest absolute Gasteiger partial charge is 0.354 e. The number of anilines is 1. The third-order valence-electron chi connectivity index (χ3n) is 2.58. The molecule has 0 bridgehead atoms. The Morgan fingerprint density at radius 2 is 2.20 bits per heavy atom. The zero-order valence-electron chi connectivity index (χ0n) is 11.1. The van der Waals surface area contributed by atoms with Crippen molar-refractivity contribution in [1.82, 2.24) is 19.7 Å². The van der Waals surface area contributed by atoms with E-state index in [2.05, 4.69) is 15.2 Å². The van der Waals surface area contributed by atoms with Gasteiger partial charge in [-0.3, -0.25) is 4.57 Å². The molecule has 3 N–H and O–H groups in total. The molecule has 0 aliphatic heterocycles. The number of aromatic carboxylic acids is 1. The van der Waals surface area contributed by atoms with Gasteiger partial charge < -0.3 is 10.8 Å². The SMILES string of the molecule is CC(C)n1c(N)nnc1SCc1cccc(C(=O)O)n1. The summed E-state index contributed by atoms with van der Waals surface area (Å²) in [6.07, 6.45) is 0. The second-order valence-electron chi connectivity index (χ2n) is 4.41. The number of hydrogen-bond acceptors (Lipinski definition) is 6. The number of pyridine rings is 1. The molecule has 0 atom stereocenters. The van der Waals surface area contributed by atoms with E-state index in [9.17, 15) is 4.79 Å². The first-order valence-corrected chi connectivity index (χ1v) is 7.00. The van der Waals surface area contributed by atoms with Crippen molar-refractivity contribution in [2.75, 3.05) is 5.73 Å². The predicted octanol–water partition coefficient (Wildman–Crippen LogP) is 1.83. The van der Waals surface area contributed by atoms with Crippen molar-refractivity contribution in [3.8, 4) is 0 Å². The van der Waals surface area contributed by atoms with Crippen molar-refractivity contribution in [2.45, 2.75) is 30.8 Å². The maximum absolute atomic E-state index is 10.9. The van der Waals surface area contributed by atoms with Crippen molar-refractivity contribution in [3.05, 3.63) is 29.6 Å². The average Bonchev–Trinajstić information content (AvgIpc) is 2.78. The highest BCUT2D eigenvalue weighted by Gasteiger charge is 2.13. The fraction of sp³-hybridized carbons (Fsp3) is 0.333. The minimum atomic E-state index is -1.04. The van der Waals surface area contributed by atoms with Crippen LogP contribution in [-0.4, -0.2) is 30.8 Å². The van der Waals surface area contributed by atoms with Crippen molar-refractivity contribution < 1.29 is 9.90 Å². The van der Waals surface area contributed by atoms with Gasteiger partial charge in [0, 0.05) is 11.8 Å². The van der Waals surface area contributed by atoms with Gasteiger partial charge in [-0.15, -0.1) is 10.2 Å². The van der Waals surface area contributed by atoms with Crippen molar-refractivity contribution in [3.63, 3.8) is 0 Å². The zero-order chi connectivity index (χ0) is 14.7. The summed E-state index contributed by atoms with van der Waals surface area (Å²) in [7, 11) is 0. The Kier molecular flexibility index (Phi) is 4.23. The Labute approximate surface area is 120 Å². The van der Waals surface area contributed by atoms with Gasteiger partial charge in [-0.25, -0.2) is 9.78 Å². The predicted molar refractivity (Wildman–Crippen MR) is 75.6 cm³/mol. The molecule has 0 saturated heterocycles. The van der Waals surface area contributed by atoms with E-state index in [0.717, 1.165) is 0 Å². The van der Waals surface area contributed by atoms with E-state index >= 15 is 0 Å². The number of rotatable bonds is 5. The van der Waals surface area contributed by atoms with Crippen LogP contribution in [0.1, 0.15) is 36.1 Å². The number of nitrogens with two attached hydrogens (primary N) is 1. The standard InChI is InChI=1S/C12H15N5O2S/c1-7(2)17-11(13)15-16-12(17)20-6-8-4-3-5-9(14-8)10(18)19/h3-5,7H,6H2,1-2H3,(H2,13,15)(H,18,19). The van der Waals surface area contributed by atoms with Gasteiger partial charge in [0.2, 0.25) is 5.95 Å². The van der Waals surface area contributed by atoms with Crippen LogP contribution in [0.25, 0.3) is 0 Å². The molecule has 0 amide bonds. The van der Waals surface area contributed by atoms with Crippen molar-refractivity contribution >= 4 is 23.7 Å². The maximum atomic E-state index is 10.9. The molecule has 2 aromatic rings. The first kappa shape index (κ1) is 14.3. The van der Waals surface area contributed by atoms with E-state index in [0.29, 0.717) is 22.6 Å². The molecule has 2 aromatic heterocycles. The summed E-state index contributed by atoms with van der Waals surface area (Å²) in [5.74, 6) is -0.160. The Morgan fingerprint density at radius 3 is 2.85 bits per heavy atom. The summed E-state index contributed by atoms with van der Waals surface area (Å²) in [6, 6.07) is 5.07. The molecule has 2 rings (SSSR count). The molecule has 0 fully saturated rings. The number of carboxylic acids is 1. The summed E-state index contributed by atoms with van der Waals surface area (Å²) in [5, 5.41) is 17.5. The van der Waals surface area contributed by atoms with Gasteiger partial charge >= 0.3 is 5.97 Å². The van der Waals surface area contributed by atoms with Crippen LogP contribution in [0.4, 0.5) is 5.95 Å². The molecule has 0 saturated carbocycles. The number of hydrogen-bond donors (Lipinski definition) is 2. The van der Waals surface area contributed by atoms with E-state index in [4.69, 9.17) is 10.8 Å². The molecule has 2 heterocycles. The number of thioether (sulfide) groups is 1. The molecule has 106 valence electrons. The van der Waals surface area contributed by atoms with E-state index in [-0.39, 0.29) is 11.7 Å². The Morgan fingerprint density at radius 1 is 1.45 bits per heavy atom. The third kappa shape index (κ3) is 3.08. The average molecular weight is 293 g/mol. The van der Waals surface area contributed by atoms with Gasteiger partial charge in [0.1, 0.15) is 5.69 Å². The summed E-state index contributed by atoms with van der Waals surface area (Å²) in [4.78, 5) is 14.9. The van der Waals surface area contributed by atoms with Gasteiger partial charge in [-0.2, -0.15) is 0 Å². The number of nitrogens with zero attached hydrogens (tertiary/aromatic N) is 4. The van der Waals surface area contributed by atoms with E-state index in [1.54, 1.807) is 12.1 Å². The van der Waals surface area contributed by atoms with E-state index in [1.165, 1.54) is 17.8 Å². The largest absolute Gasteiger partial charge is 0.477 e. The van der Waals surface area contributed by atoms with Crippen molar-refractivity contribution in [2.24, 2.45) is 0 Å². The fourth-order valence-electron chi connectivity index (χ4n) is 1.69. The Hall–Kier alpha value is -2.09. The van der Waals surface area contributed by atoms with Crippen molar-refractivity contribution in [1.29, 1.82) is 0 Å². The van der Waals surface area contributed by atoms with E-state index < -0.39 is 5.97 Å². The highest BCUT2D eigenvalue weighted by Crippen LogP contribution is 2.25. The minimum Gasteiger partial charge on any atom is -0.477 e. The molecule has 20 heavy (non-hydrogen) atoms. The van der Waals surface area contributed by atoms with Gasteiger partial charge in [-0.05, 0) is 26.0 Å². The number of nitrogen functional groups attached to an aromatic ring is 1.